The van der Waals surface area contributed by atoms with E-state index >= 15 is 0 Å². The molecule has 0 amide bonds. The molecule has 0 aliphatic rings. The standard InChI is InChI=1S/C35H42N2O3SiTe/c1-6-38-41(39-7-2,40-8-3)37(27-30-21-12-9-13-22-30)34(31-23-14-10-15-24-31)35(42-32-25-16-11-17-26-32)36-33-28(4)19-18-20-29(33)5/h9-26,34H,6-8,27H2,1-5H3. The fourth-order valence-electron chi connectivity index (χ4n) is 4.98. The van der Waals surface area contributed by atoms with Crippen molar-refractivity contribution in [1.29, 1.82) is 0 Å². The van der Waals surface area contributed by atoms with E-state index in [0.717, 1.165) is 26.1 Å². The van der Waals surface area contributed by atoms with Crippen molar-refractivity contribution in [2.24, 2.45) is 4.99 Å². The topological polar surface area (TPSA) is 43.3 Å². The Morgan fingerprint density at radius 1 is 0.690 bits per heavy atom. The van der Waals surface area contributed by atoms with E-state index in [-0.39, 0.29) is 6.04 Å². The summed E-state index contributed by atoms with van der Waals surface area (Å²) in [4.78, 5) is 5.57. The van der Waals surface area contributed by atoms with Gasteiger partial charge in [-0.05, 0) is 0 Å². The second-order valence-electron chi connectivity index (χ2n) is 9.86. The summed E-state index contributed by atoms with van der Waals surface area (Å²) >= 11 is -0.924. The fraction of sp³-hybridized carbons (Fsp3) is 0.286. The predicted molar refractivity (Wildman–Crippen MR) is 177 cm³/mol. The van der Waals surface area contributed by atoms with Crippen LogP contribution in [0.15, 0.2) is 114 Å². The molecule has 0 spiro atoms. The average Bonchev–Trinajstić information content (AvgIpc) is 3.00. The Kier molecular flexibility index (Phi) is 12.5. The van der Waals surface area contributed by atoms with Gasteiger partial charge in [-0.1, -0.05) is 0 Å². The van der Waals surface area contributed by atoms with E-state index in [9.17, 15) is 0 Å². The molecular weight excluding hydrogens is 652 g/mol. The van der Waals surface area contributed by atoms with E-state index in [2.05, 4.69) is 128 Å². The van der Waals surface area contributed by atoms with Crippen LogP contribution in [0.25, 0.3) is 0 Å². The summed E-state index contributed by atoms with van der Waals surface area (Å²) in [6.07, 6.45) is 0. The first-order valence-electron chi connectivity index (χ1n) is 14.7. The van der Waals surface area contributed by atoms with Gasteiger partial charge in [-0.3, -0.25) is 0 Å². The zero-order chi connectivity index (χ0) is 29.8. The molecule has 0 saturated carbocycles. The molecule has 0 fully saturated rings. The van der Waals surface area contributed by atoms with Crippen LogP contribution in [0.4, 0.5) is 5.69 Å². The van der Waals surface area contributed by atoms with Crippen LogP contribution < -0.4 is 3.61 Å². The number of para-hydroxylation sites is 1. The maximum absolute atomic E-state index is 6.63. The van der Waals surface area contributed by atoms with Crippen molar-refractivity contribution in [2.75, 3.05) is 19.8 Å². The van der Waals surface area contributed by atoms with Crippen molar-refractivity contribution in [3.8, 4) is 0 Å². The molecule has 42 heavy (non-hydrogen) atoms. The quantitative estimate of drug-likeness (QED) is 0.0980. The Morgan fingerprint density at radius 2 is 1.19 bits per heavy atom. The van der Waals surface area contributed by atoms with Crippen LogP contribution in [0.5, 0.6) is 0 Å². The summed E-state index contributed by atoms with van der Waals surface area (Å²) in [6, 6.07) is 38.2. The zero-order valence-electron chi connectivity index (χ0n) is 25.3. The first-order chi connectivity index (χ1) is 20.5. The molecule has 4 aromatic rings. The minimum atomic E-state index is -3.40. The summed E-state index contributed by atoms with van der Waals surface area (Å²) < 4.78 is 24.7. The fourth-order valence-corrected chi connectivity index (χ4v) is 11.1. The van der Waals surface area contributed by atoms with Crippen LogP contribution in [-0.4, -0.2) is 58.0 Å². The van der Waals surface area contributed by atoms with Gasteiger partial charge in [0.05, 0.1) is 0 Å². The predicted octanol–water partition coefficient (Wildman–Crippen LogP) is 7.15. The Labute approximate surface area is 263 Å². The molecule has 0 N–H and O–H groups in total. The molecule has 0 aliphatic carbocycles. The molecule has 7 heteroatoms. The van der Waals surface area contributed by atoms with E-state index in [1.165, 1.54) is 9.17 Å². The third kappa shape index (κ3) is 8.27. The molecule has 0 bridgehead atoms. The van der Waals surface area contributed by atoms with Crippen molar-refractivity contribution >= 4 is 42.9 Å². The van der Waals surface area contributed by atoms with Gasteiger partial charge in [-0.15, -0.1) is 0 Å². The minimum absolute atomic E-state index is 0.218. The van der Waals surface area contributed by atoms with Gasteiger partial charge in [0.25, 0.3) is 0 Å². The molecular formula is C35H42N2O3SiTe. The van der Waals surface area contributed by atoms with Crippen molar-refractivity contribution < 1.29 is 13.3 Å². The number of hydrogen-bond donors (Lipinski definition) is 0. The third-order valence-corrected chi connectivity index (χ3v) is 12.8. The van der Waals surface area contributed by atoms with E-state index < -0.39 is 29.9 Å². The second-order valence-corrected chi connectivity index (χ2v) is 15.5. The number of aliphatic imine (C=N–C) groups is 1. The van der Waals surface area contributed by atoms with E-state index in [4.69, 9.17) is 18.3 Å². The molecule has 0 aliphatic heterocycles. The zero-order valence-corrected chi connectivity index (χ0v) is 28.7. The van der Waals surface area contributed by atoms with Crippen molar-refractivity contribution in [2.45, 2.75) is 47.2 Å². The SMILES string of the molecule is CCO[Si](OCC)(OCC)N(Cc1ccccc1)C(C(=Nc1c(C)cccc1C)[Te]c1ccccc1)c1ccccc1. The summed E-state index contributed by atoms with van der Waals surface area (Å²) in [7, 11) is -3.40. The molecule has 0 heterocycles. The number of nitrogens with zero attached hydrogens (tertiary/aromatic N) is 2. The van der Waals surface area contributed by atoms with Gasteiger partial charge in [-0.25, -0.2) is 0 Å². The number of hydrogen-bond acceptors (Lipinski definition) is 5. The molecule has 1 unspecified atom stereocenters. The van der Waals surface area contributed by atoms with Crippen molar-refractivity contribution in [3.05, 3.63) is 131 Å². The summed E-state index contributed by atoms with van der Waals surface area (Å²) in [5.74, 6) is 0. The van der Waals surface area contributed by atoms with Crippen LogP contribution in [0, 0.1) is 13.8 Å². The van der Waals surface area contributed by atoms with Gasteiger partial charge in [0, 0.05) is 0 Å². The third-order valence-electron chi connectivity index (χ3n) is 6.82. The molecule has 4 rings (SSSR count). The first kappa shape index (κ1) is 32.3. The van der Waals surface area contributed by atoms with Gasteiger partial charge in [-0.2, -0.15) is 0 Å². The molecule has 0 aromatic heterocycles. The van der Waals surface area contributed by atoms with Crippen molar-refractivity contribution in [1.82, 2.24) is 4.57 Å². The Hall–Kier alpha value is -2.60. The summed E-state index contributed by atoms with van der Waals surface area (Å²) in [6.45, 7) is 12.4. The van der Waals surface area contributed by atoms with E-state index in [1.807, 2.05) is 20.8 Å². The monoisotopic (exact) mass is 696 g/mol. The summed E-state index contributed by atoms with van der Waals surface area (Å²) in [5, 5.41) is 0. The van der Waals surface area contributed by atoms with Gasteiger partial charge < -0.3 is 0 Å². The number of benzene rings is 4. The van der Waals surface area contributed by atoms with Crippen LogP contribution in [0.2, 0.25) is 0 Å². The second kappa shape index (κ2) is 16.3. The molecule has 1 atom stereocenters. The van der Waals surface area contributed by atoms with Gasteiger partial charge in [0.2, 0.25) is 0 Å². The normalized spacial score (nSPS) is 13.0. The maximum atomic E-state index is 6.63. The molecule has 0 radical (unpaired) electrons. The van der Waals surface area contributed by atoms with Crippen LogP contribution in [0.1, 0.15) is 49.1 Å². The van der Waals surface area contributed by atoms with E-state index in [1.54, 1.807) is 0 Å². The molecule has 0 saturated heterocycles. The van der Waals surface area contributed by atoms with Crippen LogP contribution in [-0.2, 0) is 19.8 Å². The van der Waals surface area contributed by atoms with Gasteiger partial charge >= 0.3 is 264 Å². The Balaban J connectivity index is 2.03. The van der Waals surface area contributed by atoms with Crippen LogP contribution >= 0.6 is 0 Å². The summed E-state index contributed by atoms with van der Waals surface area (Å²) in [5.41, 5.74) is 5.68. The number of aryl methyl sites for hydroxylation is 2. The Morgan fingerprint density at radius 3 is 1.71 bits per heavy atom. The Bertz CT molecular complexity index is 1370. The number of rotatable bonds is 15. The van der Waals surface area contributed by atoms with Crippen LogP contribution in [0.3, 0.4) is 0 Å². The van der Waals surface area contributed by atoms with Crippen molar-refractivity contribution in [3.63, 3.8) is 0 Å². The average molecular weight is 694 g/mol. The molecule has 5 nitrogen and oxygen atoms in total. The van der Waals surface area contributed by atoms with E-state index in [0.29, 0.717) is 26.4 Å². The molecule has 220 valence electrons. The van der Waals surface area contributed by atoms with Gasteiger partial charge in [0.1, 0.15) is 0 Å². The van der Waals surface area contributed by atoms with Gasteiger partial charge in [0.15, 0.2) is 0 Å². The first-order valence-corrected chi connectivity index (χ1v) is 18.7. The molecule has 4 aromatic carbocycles.